The van der Waals surface area contributed by atoms with Crippen LogP contribution in [0.15, 0.2) is 47.4 Å². The van der Waals surface area contributed by atoms with Crippen LogP contribution < -0.4 is 4.90 Å². The van der Waals surface area contributed by atoms with E-state index in [1.54, 1.807) is 52.3 Å². The first-order valence-electron chi connectivity index (χ1n) is 8.77. The van der Waals surface area contributed by atoms with Gasteiger partial charge >= 0.3 is 0 Å². The number of thioether (sulfide) groups is 1. The van der Waals surface area contributed by atoms with Gasteiger partial charge in [-0.05, 0) is 61.6 Å². The van der Waals surface area contributed by atoms with Crippen LogP contribution in [-0.4, -0.2) is 36.4 Å². The minimum Gasteiger partial charge on any atom is -0.376 e. The van der Waals surface area contributed by atoms with Crippen LogP contribution in [0.25, 0.3) is 10.2 Å². The van der Waals surface area contributed by atoms with Gasteiger partial charge in [0.25, 0.3) is 5.91 Å². The minimum atomic E-state index is -0.0775. The van der Waals surface area contributed by atoms with Gasteiger partial charge in [-0.2, -0.15) is 0 Å². The van der Waals surface area contributed by atoms with Crippen molar-refractivity contribution in [2.45, 2.75) is 23.8 Å². The van der Waals surface area contributed by atoms with Crippen LogP contribution in [0.4, 0.5) is 5.13 Å². The smallest absolute Gasteiger partial charge is 0.260 e. The second-order valence-electron chi connectivity index (χ2n) is 6.39. The molecule has 1 aliphatic heterocycles. The molecule has 3 aromatic rings. The summed E-state index contributed by atoms with van der Waals surface area (Å²) in [5.74, 6) is -0.0775. The molecule has 4 rings (SSSR count). The molecule has 0 spiro atoms. The van der Waals surface area contributed by atoms with Gasteiger partial charge in [-0.3, -0.25) is 9.69 Å². The van der Waals surface area contributed by atoms with Crippen molar-refractivity contribution >= 4 is 56.0 Å². The average molecular weight is 419 g/mol. The number of fused-ring (bicyclic) bond motifs is 1. The maximum absolute atomic E-state index is 13.2. The lowest BCUT2D eigenvalue weighted by Gasteiger charge is -2.23. The number of nitrogens with zero attached hydrogens (tertiary/aromatic N) is 2. The fourth-order valence-electron chi connectivity index (χ4n) is 3.12. The highest BCUT2D eigenvalue weighted by molar-refractivity contribution is 7.98. The molecule has 1 saturated heterocycles. The summed E-state index contributed by atoms with van der Waals surface area (Å²) in [6, 6.07) is 13.2. The molecule has 0 unspecified atom stereocenters. The summed E-state index contributed by atoms with van der Waals surface area (Å²) in [4.78, 5) is 20.9. The number of hydrogen-bond acceptors (Lipinski definition) is 5. The van der Waals surface area contributed by atoms with E-state index in [9.17, 15) is 4.79 Å². The highest BCUT2D eigenvalue weighted by Crippen LogP contribution is 2.33. The number of rotatable bonds is 5. The largest absolute Gasteiger partial charge is 0.376 e. The summed E-state index contributed by atoms with van der Waals surface area (Å²) in [6.07, 6.45) is 4.10. The van der Waals surface area contributed by atoms with Crippen LogP contribution in [-0.2, 0) is 4.74 Å². The molecule has 1 amide bonds. The highest BCUT2D eigenvalue weighted by atomic mass is 35.5. The molecule has 0 bridgehead atoms. The van der Waals surface area contributed by atoms with E-state index in [1.165, 1.54) is 4.90 Å². The van der Waals surface area contributed by atoms with Crippen molar-refractivity contribution in [1.82, 2.24) is 4.98 Å². The first kappa shape index (κ1) is 18.7. The van der Waals surface area contributed by atoms with E-state index in [1.807, 2.05) is 6.07 Å². The number of anilines is 1. The molecule has 1 aliphatic rings. The van der Waals surface area contributed by atoms with Gasteiger partial charge in [0.05, 0.1) is 22.9 Å². The average Bonchev–Trinajstić information content (AvgIpc) is 3.34. The van der Waals surface area contributed by atoms with E-state index in [-0.39, 0.29) is 12.0 Å². The summed E-state index contributed by atoms with van der Waals surface area (Å²) in [5.41, 5.74) is 1.51. The summed E-state index contributed by atoms with van der Waals surface area (Å²) < 4.78 is 6.86. The fraction of sp³-hybridized carbons (Fsp3) is 0.300. The number of hydrogen-bond donors (Lipinski definition) is 0. The van der Waals surface area contributed by atoms with Gasteiger partial charge in [0, 0.05) is 22.1 Å². The SMILES string of the molecule is CSc1ccc2nc(N(C[C@@H]3CCCO3)C(=O)c3ccc(Cl)cc3)sc2c1. The van der Waals surface area contributed by atoms with Crippen molar-refractivity contribution in [2.75, 3.05) is 24.3 Å². The van der Waals surface area contributed by atoms with E-state index in [0.29, 0.717) is 22.3 Å². The number of amides is 1. The van der Waals surface area contributed by atoms with E-state index in [0.717, 1.165) is 29.7 Å². The minimum absolute atomic E-state index is 0.0509. The van der Waals surface area contributed by atoms with Gasteiger partial charge in [0.15, 0.2) is 5.13 Å². The molecule has 2 heterocycles. The second-order valence-corrected chi connectivity index (χ2v) is 8.71. The van der Waals surface area contributed by atoms with Crippen molar-refractivity contribution < 1.29 is 9.53 Å². The molecule has 0 saturated carbocycles. The van der Waals surface area contributed by atoms with Crippen molar-refractivity contribution in [3.05, 3.63) is 53.1 Å². The predicted octanol–water partition coefficient (Wildman–Crippen LogP) is 5.50. The number of ether oxygens (including phenoxy) is 1. The van der Waals surface area contributed by atoms with Crippen LogP contribution in [0.2, 0.25) is 5.02 Å². The lowest BCUT2D eigenvalue weighted by Crippen LogP contribution is -2.37. The summed E-state index contributed by atoms with van der Waals surface area (Å²) in [6.45, 7) is 1.27. The molecule has 27 heavy (non-hydrogen) atoms. The zero-order valence-electron chi connectivity index (χ0n) is 14.9. The third-order valence-corrected chi connectivity index (χ3v) is 6.58. The van der Waals surface area contributed by atoms with Crippen molar-refractivity contribution in [3.8, 4) is 0 Å². The predicted molar refractivity (Wildman–Crippen MR) is 114 cm³/mol. The molecule has 7 heteroatoms. The highest BCUT2D eigenvalue weighted by Gasteiger charge is 2.27. The number of carbonyl (C=O) groups excluding carboxylic acids is 1. The van der Waals surface area contributed by atoms with E-state index in [4.69, 9.17) is 21.3 Å². The summed E-state index contributed by atoms with van der Waals surface area (Å²) >= 11 is 9.22. The van der Waals surface area contributed by atoms with Crippen molar-refractivity contribution in [2.24, 2.45) is 0 Å². The molecule has 0 aliphatic carbocycles. The molecule has 1 aromatic heterocycles. The van der Waals surface area contributed by atoms with E-state index in [2.05, 4.69) is 18.4 Å². The van der Waals surface area contributed by atoms with Gasteiger partial charge < -0.3 is 4.74 Å². The van der Waals surface area contributed by atoms with Gasteiger partial charge in [-0.1, -0.05) is 22.9 Å². The fourth-order valence-corrected chi connectivity index (χ4v) is 4.78. The van der Waals surface area contributed by atoms with Crippen molar-refractivity contribution in [3.63, 3.8) is 0 Å². The normalized spacial score (nSPS) is 16.7. The van der Waals surface area contributed by atoms with Gasteiger partial charge in [0.2, 0.25) is 0 Å². The molecular weight excluding hydrogens is 400 g/mol. The Bertz CT molecular complexity index is 952. The Morgan fingerprint density at radius 3 is 2.85 bits per heavy atom. The number of carbonyl (C=O) groups is 1. The zero-order valence-corrected chi connectivity index (χ0v) is 17.2. The zero-order chi connectivity index (χ0) is 18.8. The maximum atomic E-state index is 13.2. The Morgan fingerprint density at radius 1 is 1.33 bits per heavy atom. The van der Waals surface area contributed by atoms with Crippen LogP contribution in [0.3, 0.4) is 0 Å². The van der Waals surface area contributed by atoms with Gasteiger partial charge in [-0.15, -0.1) is 11.8 Å². The molecule has 4 nitrogen and oxygen atoms in total. The van der Waals surface area contributed by atoms with E-state index < -0.39 is 0 Å². The Labute approximate surface area is 171 Å². The summed E-state index contributed by atoms with van der Waals surface area (Å²) in [7, 11) is 0. The standard InChI is InChI=1S/C20H19ClN2O2S2/c1-26-16-8-9-17-18(11-16)27-20(22-17)23(12-15-3-2-10-25-15)19(24)13-4-6-14(21)7-5-13/h4-9,11,15H,2-3,10,12H2,1H3/t15-/m0/s1. The first-order chi connectivity index (χ1) is 13.1. The van der Waals surface area contributed by atoms with Crippen molar-refractivity contribution in [1.29, 1.82) is 0 Å². The number of thiazole rings is 1. The van der Waals surface area contributed by atoms with Gasteiger partial charge in [-0.25, -0.2) is 4.98 Å². The monoisotopic (exact) mass is 418 g/mol. The molecule has 0 N–H and O–H groups in total. The molecule has 140 valence electrons. The summed E-state index contributed by atoms with van der Waals surface area (Å²) in [5, 5.41) is 1.32. The lowest BCUT2D eigenvalue weighted by molar-refractivity contribution is 0.0917. The van der Waals surface area contributed by atoms with Crippen LogP contribution in [0, 0.1) is 0 Å². The third-order valence-electron chi connectivity index (χ3n) is 4.56. The number of benzene rings is 2. The first-order valence-corrected chi connectivity index (χ1v) is 11.2. The topological polar surface area (TPSA) is 42.4 Å². The maximum Gasteiger partial charge on any atom is 0.260 e. The number of halogens is 1. The molecule has 2 aromatic carbocycles. The molecule has 1 fully saturated rings. The Hall–Kier alpha value is -1.60. The van der Waals surface area contributed by atoms with Crippen LogP contribution >= 0.6 is 34.7 Å². The Kier molecular flexibility index (Phi) is 5.68. The molecule has 0 radical (unpaired) electrons. The Balaban J connectivity index is 1.70. The van der Waals surface area contributed by atoms with Crippen LogP contribution in [0.1, 0.15) is 23.2 Å². The second kappa shape index (κ2) is 8.19. The quantitative estimate of drug-likeness (QED) is 0.513. The number of aromatic nitrogens is 1. The van der Waals surface area contributed by atoms with E-state index >= 15 is 0 Å². The molecular formula is C20H19ClN2O2S2. The van der Waals surface area contributed by atoms with Gasteiger partial charge in [0.1, 0.15) is 0 Å². The Morgan fingerprint density at radius 2 is 2.15 bits per heavy atom. The molecule has 1 atom stereocenters. The third kappa shape index (κ3) is 4.14. The van der Waals surface area contributed by atoms with Crippen LogP contribution in [0.5, 0.6) is 0 Å². The lowest BCUT2D eigenvalue weighted by atomic mass is 10.2.